The van der Waals surface area contributed by atoms with Crippen LogP contribution >= 0.6 is 22.6 Å². The van der Waals surface area contributed by atoms with Crippen molar-refractivity contribution in [1.29, 1.82) is 0 Å². The summed E-state index contributed by atoms with van der Waals surface area (Å²) in [5.74, 6) is 0.878. The second-order valence-corrected chi connectivity index (χ2v) is 7.04. The van der Waals surface area contributed by atoms with E-state index in [0.717, 1.165) is 25.3 Å². The zero-order valence-electron chi connectivity index (χ0n) is 10.6. The van der Waals surface area contributed by atoms with E-state index in [1.54, 1.807) is 0 Å². The maximum atomic E-state index is 6.20. The van der Waals surface area contributed by atoms with Gasteiger partial charge >= 0.3 is 0 Å². The van der Waals surface area contributed by atoms with Gasteiger partial charge in [-0.1, -0.05) is 22.6 Å². The molecule has 0 radical (unpaired) electrons. The number of aromatic nitrogens is 2. The highest BCUT2D eigenvalue weighted by atomic mass is 127. The molecule has 0 saturated heterocycles. The highest BCUT2D eigenvalue weighted by Crippen LogP contribution is 2.31. The first-order chi connectivity index (χ1) is 8.63. The van der Waals surface area contributed by atoms with Gasteiger partial charge in [-0.15, -0.1) is 0 Å². The van der Waals surface area contributed by atoms with E-state index in [1.165, 1.54) is 24.1 Å². The average Bonchev–Trinajstić information content (AvgIpc) is 2.75. The van der Waals surface area contributed by atoms with Crippen LogP contribution in [-0.2, 0) is 13.1 Å². The Balaban J connectivity index is 1.70. The van der Waals surface area contributed by atoms with Gasteiger partial charge in [0.05, 0.1) is 5.69 Å². The van der Waals surface area contributed by atoms with E-state index in [9.17, 15) is 0 Å². The number of aryl methyl sites for hydroxylation is 1. The molecule has 1 aromatic heterocycles. The van der Waals surface area contributed by atoms with Crippen LogP contribution in [0.3, 0.4) is 0 Å². The fourth-order valence-electron chi connectivity index (χ4n) is 3.01. The molecular formula is C13H19IN4. The molecule has 0 bridgehead atoms. The maximum Gasteiger partial charge on any atom is 0.125 e. The maximum absolute atomic E-state index is 6.20. The van der Waals surface area contributed by atoms with Gasteiger partial charge in [-0.25, -0.2) is 9.97 Å². The Morgan fingerprint density at radius 1 is 1.39 bits per heavy atom. The first-order valence-corrected chi connectivity index (χ1v) is 7.83. The highest BCUT2D eigenvalue weighted by Gasteiger charge is 2.33. The predicted octanol–water partition coefficient (Wildman–Crippen LogP) is 1.78. The topological polar surface area (TPSA) is 55.0 Å². The molecule has 5 heteroatoms. The molecule has 1 aliphatic heterocycles. The molecule has 98 valence electrons. The molecule has 0 amide bonds. The predicted molar refractivity (Wildman–Crippen MR) is 79.4 cm³/mol. The standard InChI is InChI=1S/C13H19IN4/c1-8-16-5-9-6-18(7-13(9)17-8)10-2-3-11(14)12(15)4-10/h5,10-12H,2-4,6-7,15H2,1H3/t10?,11-,12?/m0/s1. The molecule has 2 unspecified atom stereocenters. The van der Waals surface area contributed by atoms with Gasteiger partial charge in [0.2, 0.25) is 0 Å². The second-order valence-electron chi connectivity index (χ2n) is 5.44. The molecule has 1 aromatic rings. The molecule has 18 heavy (non-hydrogen) atoms. The van der Waals surface area contributed by atoms with Crippen molar-refractivity contribution in [1.82, 2.24) is 14.9 Å². The number of fused-ring (bicyclic) bond motifs is 1. The van der Waals surface area contributed by atoms with Gasteiger partial charge in [0.1, 0.15) is 5.82 Å². The quantitative estimate of drug-likeness (QED) is 0.614. The third kappa shape index (κ3) is 2.40. The third-order valence-corrected chi connectivity index (χ3v) is 5.65. The van der Waals surface area contributed by atoms with Crippen molar-refractivity contribution in [3.05, 3.63) is 23.3 Å². The van der Waals surface area contributed by atoms with E-state index >= 15 is 0 Å². The summed E-state index contributed by atoms with van der Waals surface area (Å²) in [7, 11) is 0. The molecule has 1 saturated carbocycles. The summed E-state index contributed by atoms with van der Waals surface area (Å²) >= 11 is 2.49. The van der Waals surface area contributed by atoms with E-state index in [2.05, 4.69) is 37.5 Å². The minimum atomic E-state index is 0.348. The summed E-state index contributed by atoms with van der Waals surface area (Å²) in [5.41, 5.74) is 8.72. The summed E-state index contributed by atoms with van der Waals surface area (Å²) in [6.45, 7) is 3.93. The van der Waals surface area contributed by atoms with Crippen molar-refractivity contribution in [2.24, 2.45) is 5.73 Å². The molecule has 0 spiro atoms. The lowest BCUT2D eigenvalue weighted by Crippen LogP contribution is -2.45. The zero-order valence-corrected chi connectivity index (χ0v) is 12.8. The Morgan fingerprint density at radius 2 is 2.22 bits per heavy atom. The Hall–Kier alpha value is -0.270. The molecule has 0 aromatic carbocycles. The van der Waals surface area contributed by atoms with E-state index in [0.29, 0.717) is 16.0 Å². The van der Waals surface area contributed by atoms with Crippen molar-refractivity contribution >= 4 is 22.6 Å². The lowest BCUT2D eigenvalue weighted by atomic mass is 9.90. The number of nitrogens with zero attached hydrogens (tertiary/aromatic N) is 3. The van der Waals surface area contributed by atoms with Gasteiger partial charge in [-0.3, -0.25) is 4.90 Å². The Morgan fingerprint density at radius 3 is 3.00 bits per heavy atom. The minimum Gasteiger partial charge on any atom is -0.327 e. The largest absolute Gasteiger partial charge is 0.327 e. The van der Waals surface area contributed by atoms with Crippen molar-refractivity contribution in [2.45, 2.75) is 55.3 Å². The molecule has 3 atom stereocenters. The molecule has 3 rings (SSSR count). The van der Waals surface area contributed by atoms with Crippen LogP contribution in [0.5, 0.6) is 0 Å². The van der Waals surface area contributed by atoms with Crippen molar-refractivity contribution in [3.63, 3.8) is 0 Å². The van der Waals surface area contributed by atoms with Gasteiger partial charge in [-0.05, 0) is 26.2 Å². The van der Waals surface area contributed by atoms with Crippen LogP contribution in [0.4, 0.5) is 0 Å². The van der Waals surface area contributed by atoms with E-state index in [1.807, 2.05) is 13.1 Å². The number of nitrogens with two attached hydrogens (primary N) is 1. The normalized spacial score (nSPS) is 32.5. The Bertz CT molecular complexity index is 451. The Labute approximate surface area is 122 Å². The number of rotatable bonds is 1. The van der Waals surface area contributed by atoms with Crippen molar-refractivity contribution in [2.75, 3.05) is 0 Å². The molecule has 4 nitrogen and oxygen atoms in total. The fourth-order valence-corrected chi connectivity index (χ4v) is 3.67. The van der Waals surface area contributed by atoms with Gasteiger partial charge in [0.25, 0.3) is 0 Å². The lowest BCUT2D eigenvalue weighted by Gasteiger charge is -2.36. The minimum absolute atomic E-state index is 0.348. The van der Waals surface area contributed by atoms with E-state index < -0.39 is 0 Å². The first kappa shape index (κ1) is 12.7. The summed E-state index contributed by atoms with van der Waals surface area (Å²) in [6.07, 6.45) is 5.61. The van der Waals surface area contributed by atoms with Crippen molar-refractivity contribution < 1.29 is 0 Å². The number of hydrogen-bond acceptors (Lipinski definition) is 4. The number of halogens is 1. The zero-order chi connectivity index (χ0) is 12.7. The van der Waals surface area contributed by atoms with Gasteiger partial charge in [0, 0.05) is 40.9 Å². The van der Waals surface area contributed by atoms with Gasteiger partial charge < -0.3 is 5.73 Å². The monoisotopic (exact) mass is 358 g/mol. The Kier molecular flexibility index (Phi) is 3.55. The molecule has 2 aliphatic rings. The average molecular weight is 358 g/mol. The van der Waals surface area contributed by atoms with Crippen LogP contribution in [0.1, 0.15) is 36.3 Å². The molecule has 1 fully saturated rings. The number of alkyl halides is 1. The van der Waals surface area contributed by atoms with E-state index in [-0.39, 0.29) is 0 Å². The van der Waals surface area contributed by atoms with Crippen molar-refractivity contribution in [3.8, 4) is 0 Å². The van der Waals surface area contributed by atoms with Crippen LogP contribution in [0.15, 0.2) is 6.20 Å². The molecule has 1 aliphatic carbocycles. The summed E-state index contributed by atoms with van der Waals surface area (Å²) < 4.78 is 0.644. The second kappa shape index (κ2) is 5.02. The fraction of sp³-hybridized carbons (Fsp3) is 0.692. The summed E-state index contributed by atoms with van der Waals surface area (Å²) in [6, 6.07) is 0.974. The summed E-state index contributed by atoms with van der Waals surface area (Å²) in [5, 5.41) is 0. The van der Waals surface area contributed by atoms with Crippen LogP contribution in [-0.4, -0.2) is 30.9 Å². The lowest BCUT2D eigenvalue weighted by molar-refractivity contribution is 0.150. The third-order valence-electron chi connectivity index (χ3n) is 4.10. The van der Waals surface area contributed by atoms with Crippen LogP contribution in [0.2, 0.25) is 0 Å². The van der Waals surface area contributed by atoms with Gasteiger partial charge in [-0.2, -0.15) is 0 Å². The SMILES string of the molecule is Cc1ncc2c(n1)CN(C1CC[C@H](I)C(N)C1)C2. The molecular weight excluding hydrogens is 339 g/mol. The van der Waals surface area contributed by atoms with E-state index in [4.69, 9.17) is 5.73 Å². The highest BCUT2D eigenvalue weighted by molar-refractivity contribution is 14.1. The number of hydrogen-bond donors (Lipinski definition) is 1. The molecule has 2 N–H and O–H groups in total. The first-order valence-electron chi connectivity index (χ1n) is 6.58. The molecule has 2 heterocycles. The smallest absolute Gasteiger partial charge is 0.125 e. The van der Waals surface area contributed by atoms with Crippen LogP contribution in [0, 0.1) is 6.92 Å². The van der Waals surface area contributed by atoms with Gasteiger partial charge in [0.15, 0.2) is 0 Å². The van der Waals surface area contributed by atoms with Crippen LogP contribution < -0.4 is 5.73 Å². The van der Waals surface area contributed by atoms with Crippen LogP contribution in [0.25, 0.3) is 0 Å². The summed E-state index contributed by atoms with van der Waals surface area (Å²) in [4.78, 5) is 11.4.